The Bertz CT molecular complexity index is 836. The normalized spacial score (nSPS) is 15.2. The number of hydrogen-bond acceptors (Lipinski definition) is 4. The molecule has 0 bridgehead atoms. The number of ether oxygens (including phenoxy) is 1. The molecule has 0 spiro atoms. The van der Waals surface area contributed by atoms with Gasteiger partial charge in [0.15, 0.2) is 0 Å². The molecule has 5 nitrogen and oxygen atoms in total. The lowest BCUT2D eigenvalue weighted by atomic mass is 10.2. The van der Waals surface area contributed by atoms with E-state index < -0.39 is 16.0 Å². The van der Waals surface area contributed by atoms with E-state index in [4.69, 9.17) is 4.74 Å². The van der Waals surface area contributed by atoms with Gasteiger partial charge in [0.2, 0.25) is 10.0 Å². The van der Waals surface area contributed by atoms with Gasteiger partial charge in [-0.2, -0.15) is 4.31 Å². The second-order valence-corrected chi connectivity index (χ2v) is 7.96. The zero-order chi connectivity index (χ0) is 17.9. The van der Waals surface area contributed by atoms with Crippen molar-refractivity contribution in [1.82, 2.24) is 4.31 Å². The van der Waals surface area contributed by atoms with Crippen molar-refractivity contribution in [2.75, 3.05) is 13.1 Å². The zero-order valence-electron chi connectivity index (χ0n) is 14.1. The number of esters is 1. The Labute approximate surface area is 148 Å². The van der Waals surface area contributed by atoms with Crippen LogP contribution in [0.4, 0.5) is 0 Å². The Morgan fingerprint density at radius 2 is 1.60 bits per heavy atom. The van der Waals surface area contributed by atoms with E-state index in [1.54, 1.807) is 12.1 Å². The van der Waals surface area contributed by atoms with Gasteiger partial charge in [-0.05, 0) is 61.2 Å². The third-order valence-electron chi connectivity index (χ3n) is 4.33. The molecule has 0 unspecified atom stereocenters. The summed E-state index contributed by atoms with van der Waals surface area (Å²) < 4.78 is 31.8. The smallest absolute Gasteiger partial charge is 0.343 e. The first-order valence-electron chi connectivity index (χ1n) is 8.42. The summed E-state index contributed by atoms with van der Waals surface area (Å²) in [5.41, 5.74) is 1.48. The van der Waals surface area contributed by atoms with Crippen LogP contribution in [0.25, 0.3) is 0 Å². The molecule has 2 aromatic carbocycles. The first kappa shape index (κ1) is 17.6. The van der Waals surface area contributed by atoms with Crippen molar-refractivity contribution in [3.63, 3.8) is 0 Å². The number of rotatable bonds is 5. The average Bonchev–Trinajstić information content (AvgIpc) is 3.18. The fourth-order valence-electron chi connectivity index (χ4n) is 2.80. The van der Waals surface area contributed by atoms with Gasteiger partial charge in [-0.3, -0.25) is 0 Å². The molecule has 1 fully saturated rings. The Hall–Kier alpha value is -2.18. The lowest BCUT2D eigenvalue weighted by Crippen LogP contribution is -2.27. The van der Waals surface area contributed by atoms with Crippen molar-refractivity contribution in [3.8, 4) is 5.75 Å². The number of nitrogens with zero attached hydrogens (tertiary/aromatic N) is 1. The highest BCUT2D eigenvalue weighted by molar-refractivity contribution is 7.89. The van der Waals surface area contributed by atoms with E-state index in [0.717, 1.165) is 24.8 Å². The van der Waals surface area contributed by atoms with Gasteiger partial charge in [0.1, 0.15) is 5.75 Å². The van der Waals surface area contributed by atoms with Crippen LogP contribution in [-0.4, -0.2) is 31.8 Å². The summed E-state index contributed by atoms with van der Waals surface area (Å²) in [6.07, 6.45) is 2.70. The summed E-state index contributed by atoms with van der Waals surface area (Å²) in [5.74, 6) is -0.0367. The van der Waals surface area contributed by atoms with Crippen molar-refractivity contribution in [2.45, 2.75) is 31.1 Å². The molecule has 1 heterocycles. The Morgan fingerprint density at radius 1 is 1.00 bits per heavy atom. The van der Waals surface area contributed by atoms with Crippen LogP contribution in [-0.2, 0) is 16.4 Å². The predicted molar refractivity (Wildman–Crippen MR) is 95.2 cm³/mol. The molecule has 0 aliphatic carbocycles. The molecule has 0 radical (unpaired) electrons. The summed E-state index contributed by atoms with van der Waals surface area (Å²) >= 11 is 0. The second kappa shape index (κ2) is 7.37. The predicted octanol–water partition coefficient (Wildman–Crippen LogP) is 3.25. The van der Waals surface area contributed by atoms with Crippen LogP contribution in [0.15, 0.2) is 53.4 Å². The van der Waals surface area contributed by atoms with Gasteiger partial charge >= 0.3 is 5.97 Å². The fraction of sp³-hybridized carbons (Fsp3) is 0.316. The van der Waals surface area contributed by atoms with E-state index >= 15 is 0 Å². The summed E-state index contributed by atoms with van der Waals surface area (Å²) in [7, 11) is -3.47. The minimum absolute atomic E-state index is 0.207. The molecule has 1 aliphatic heterocycles. The number of sulfonamides is 1. The van der Waals surface area contributed by atoms with E-state index in [1.807, 2.05) is 12.1 Å². The zero-order valence-corrected chi connectivity index (χ0v) is 15.0. The lowest BCUT2D eigenvalue weighted by Gasteiger charge is -2.15. The lowest BCUT2D eigenvalue weighted by molar-refractivity contribution is 0.0734. The van der Waals surface area contributed by atoms with E-state index in [9.17, 15) is 13.2 Å². The van der Waals surface area contributed by atoms with E-state index in [2.05, 4.69) is 6.92 Å². The van der Waals surface area contributed by atoms with Gasteiger partial charge < -0.3 is 4.74 Å². The van der Waals surface area contributed by atoms with Crippen molar-refractivity contribution in [1.29, 1.82) is 0 Å². The van der Waals surface area contributed by atoms with Crippen LogP contribution in [0.5, 0.6) is 5.75 Å². The molecule has 132 valence electrons. The van der Waals surface area contributed by atoms with Crippen molar-refractivity contribution >= 4 is 16.0 Å². The Balaban J connectivity index is 1.71. The van der Waals surface area contributed by atoms with Gasteiger partial charge in [-0.1, -0.05) is 19.1 Å². The number of carbonyl (C=O) groups is 1. The molecule has 0 saturated carbocycles. The van der Waals surface area contributed by atoms with Gasteiger partial charge in [0.05, 0.1) is 10.5 Å². The summed E-state index contributed by atoms with van der Waals surface area (Å²) in [6.45, 7) is 3.17. The fourth-order valence-corrected chi connectivity index (χ4v) is 4.32. The summed E-state index contributed by atoms with van der Waals surface area (Å²) in [4.78, 5) is 12.4. The largest absolute Gasteiger partial charge is 0.423 e. The number of benzene rings is 2. The molecule has 2 aromatic rings. The molecular formula is C19H21NO4S. The van der Waals surface area contributed by atoms with Crippen molar-refractivity contribution in [2.24, 2.45) is 0 Å². The summed E-state index contributed by atoms with van der Waals surface area (Å²) in [6, 6.07) is 13.2. The molecule has 25 heavy (non-hydrogen) atoms. The molecular weight excluding hydrogens is 338 g/mol. The SMILES string of the molecule is CCc1ccc(OC(=O)c2ccc(S(=O)(=O)N3CCCC3)cc2)cc1. The van der Waals surface area contributed by atoms with Crippen LogP contribution >= 0.6 is 0 Å². The van der Waals surface area contributed by atoms with Crippen molar-refractivity contribution < 1.29 is 17.9 Å². The third kappa shape index (κ3) is 3.91. The van der Waals surface area contributed by atoms with Crippen molar-refractivity contribution in [3.05, 3.63) is 59.7 Å². The number of hydrogen-bond donors (Lipinski definition) is 0. The maximum atomic E-state index is 12.5. The third-order valence-corrected chi connectivity index (χ3v) is 6.25. The maximum Gasteiger partial charge on any atom is 0.343 e. The number of aryl methyl sites for hydroxylation is 1. The highest BCUT2D eigenvalue weighted by Gasteiger charge is 2.27. The Kier molecular flexibility index (Phi) is 5.20. The van der Waals surface area contributed by atoms with Gasteiger partial charge in [0, 0.05) is 13.1 Å². The first-order chi connectivity index (χ1) is 12.0. The van der Waals surface area contributed by atoms with E-state index in [-0.39, 0.29) is 4.90 Å². The monoisotopic (exact) mass is 359 g/mol. The summed E-state index contributed by atoms with van der Waals surface area (Å²) in [5, 5.41) is 0. The van der Waals surface area contributed by atoms with Crippen LogP contribution in [0.2, 0.25) is 0 Å². The first-order valence-corrected chi connectivity index (χ1v) is 9.86. The van der Waals surface area contributed by atoms with Crippen LogP contribution in [0.3, 0.4) is 0 Å². The molecule has 1 aliphatic rings. The molecule has 0 N–H and O–H groups in total. The van der Waals surface area contributed by atoms with Gasteiger partial charge in [-0.25, -0.2) is 13.2 Å². The molecule has 0 aromatic heterocycles. The van der Waals surface area contributed by atoms with Gasteiger partial charge in [0.25, 0.3) is 0 Å². The molecule has 6 heteroatoms. The quantitative estimate of drug-likeness (QED) is 0.607. The maximum absolute atomic E-state index is 12.5. The minimum atomic E-state index is -3.47. The van der Waals surface area contributed by atoms with Crippen LogP contribution in [0, 0.1) is 0 Å². The number of carbonyl (C=O) groups excluding carboxylic acids is 1. The topological polar surface area (TPSA) is 63.7 Å². The average molecular weight is 359 g/mol. The Morgan fingerprint density at radius 3 is 2.16 bits per heavy atom. The van der Waals surface area contributed by atoms with E-state index in [0.29, 0.717) is 24.4 Å². The van der Waals surface area contributed by atoms with Crippen LogP contribution in [0.1, 0.15) is 35.7 Å². The van der Waals surface area contributed by atoms with Crippen LogP contribution < -0.4 is 4.74 Å². The molecule has 0 amide bonds. The van der Waals surface area contributed by atoms with E-state index in [1.165, 1.54) is 28.6 Å². The molecule has 0 atom stereocenters. The second-order valence-electron chi connectivity index (χ2n) is 6.02. The molecule has 3 rings (SSSR count). The molecule has 1 saturated heterocycles. The highest BCUT2D eigenvalue weighted by atomic mass is 32.2. The minimum Gasteiger partial charge on any atom is -0.423 e. The van der Waals surface area contributed by atoms with Gasteiger partial charge in [-0.15, -0.1) is 0 Å². The highest BCUT2D eigenvalue weighted by Crippen LogP contribution is 2.21. The standard InChI is InChI=1S/C19H21NO4S/c1-2-15-5-9-17(10-6-15)24-19(21)16-7-11-18(12-8-16)25(22,23)20-13-3-4-14-20/h5-12H,2-4,13-14H2,1H3.